The van der Waals surface area contributed by atoms with E-state index in [1.54, 1.807) is 12.1 Å². The van der Waals surface area contributed by atoms with Gasteiger partial charge in [-0.05, 0) is 24.3 Å². The smallest absolute Gasteiger partial charge is 0.261 e. The fourth-order valence-electron chi connectivity index (χ4n) is 2.57. The molecule has 3 heterocycles. The summed E-state index contributed by atoms with van der Waals surface area (Å²) in [6, 6.07) is 6.79. The van der Waals surface area contributed by atoms with Crippen LogP contribution in [0.15, 0.2) is 60.0 Å². The van der Waals surface area contributed by atoms with E-state index in [4.69, 9.17) is 0 Å². The van der Waals surface area contributed by atoms with E-state index in [1.165, 1.54) is 35.6 Å². The molecule has 8 heteroatoms. The number of pyridine rings is 1. The van der Waals surface area contributed by atoms with E-state index in [-0.39, 0.29) is 17.8 Å². The van der Waals surface area contributed by atoms with Gasteiger partial charge in [-0.1, -0.05) is 6.07 Å². The van der Waals surface area contributed by atoms with Crippen molar-refractivity contribution in [1.82, 2.24) is 24.3 Å². The molecule has 0 bridgehead atoms. The Balaban J connectivity index is 1.70. The molecule has 0 radical (unpaired) electrons. The number of rotatable bonds is 3. The fraction of sp³-hybridized carbons (Fsp3) is 0.0588. The van der Waals surface area contributed by atoms with E-state index in [0.29, 0.717) is 16.6 Å². The van der Waals surface area contributed by atoms with Gasteiger partial charge in [0.1, 0.15) is 5.69 Å². The van der Waals surface area contributed by atoms with E-state index >= 15 is 0 Å². The second-order valence-corrected chi connectivity index (χ2v) is 5.39. The van der Waals surface area contributed by atoms with E-state index in [0.717, 1.165) is 16.8 Å². The molecule has 1 aromatic carbocycles. The minimum absolute atomic E-state index is 0.132. The average Bonchev–Trinajstić information content (AvgIpc) is 3.06. The molecule has 4 aromatic rings. The van der Waals surface area contributed by atoms with Gasteiger partial charge in [-0.25, -0.2) is 18.4 Å². The lowest BCUT2D eigenvalue weighted by molar-refractivity contribution is 0.558. The van der Waals surface area contributed by atoms with E-state index < -0.39 is 11.6 Å². The van der Waals surface area contributed by atoms with Crippen LogP contribution < -0.4 is 5.56 Å². The molecule has 0 amide bonds. The summed E-state index contributed by atoms with van der Waals surface area (Å²) in [4.78, 5) is 20.6. The maximum atomic E-state index is 13.8. The first kappa shape index (κ1) is 15.1. The zero-order chi connectivity index (χ0) is 17.4. The number of hydrogen-bond acceptors (Lipinski definition) is 4. The molecule has 0 fully saturated rings. The lowest BCUT2D eigenvalue weighted by atomic mass is 10.3. The van der Waals surface area contributed by atoms with Gasteiger partial charge in [0.2, 0.25) is 0 Å². The van der Waals surface area contributed by atoms with Gasteiger partial charge >= 0.3 is 0 Å². The highest BCUT2D eigenvalue weighted by molar-refractivity contribution is 5.75. The van der Waals surface area contributed by atoms with Crippen LogP contribution in [0.5, 0.6) is 0 Å². The van der Waals surface area contributed by atoms with Crippen LogP contribution in [-0.2, 0) is 6.54 Å². The van der Waals surface area contributed by atoms with Crippen LogP contribution in [0.2, 0.25) is 0 Å². The topological polar surface area (TPSA) is 65.6 Å². The maximum Gasteiger partial charge on any atom is 0.261 e. The minimum Gasteiger partial charge on any atom is -0.293 e. The number of halogens is 2. The molecule has 0 aliphatic heterocycles. The van der Waals surface area contributed by atoms with Gasteiger partial charge in [0.15, 0.2) is 11.6 Å². The lowest BCUT2D eigenvalue weighted by Crippen LogP contribution is -2.21. The summed E-state index contributed by atoms with van der Waals surface area (Å²) in [6.07, 6.45) is 5.87. The Morgan fingerprint density at radius 2 is 1.88 bits per heavy atom. The van der Waals surface area contributed by atoms with Crippen LogP contribution >= 0.6 is 0 Å². The summed E-state index contributed by atoms with van der Waals surface area (Å²) in [6.45, 7) is 0.132. The van der Waals surface area contributed by atoms with Crippen molar-refractivity contribution in [1.29, 1.82) is 0 Å². The summed E-state index contributed by atoms with van der Waals surface area (Å²) < 4.78 is 30.2. The largest absolute Gasteiger partial charge is 0.293 e. The van der Waals surface area contributed by atoms with Crippen LogP contribution in [0, 0.1) is 11.6 Å². The van der Waals surface area contributed by atoms with Crippen LogP contribution in [-0.4, -0.2) is 24.3 Å². The van der Waals surface area contributed by atoms with Crippen molar-refractivity contribution >= 4 is 10.9 Å². The predicted octanol–water partition coefficient (Wildman–Crippen LogP) is 2.30. The third-order valence-electron chi connectivity index (χ3n) is 3.77. The molecule has 25 heavy (non-hydrogen) atoms. The summed E-state index contributed by atoms with van der Waals surface area (Å²) in [5.74, 6) is -1.43. The second-order valence-electron chi connectivity index (χ2n) is 5.39. The van der Waals surface area contributed by atoms with Crippen molar-refractivity contribution in [3.8, 4) is 5.69 Å². The Kier molecular flexibility index (Phi) is 3.57. The molecular weight excluding hydrogens is 328 g/mol. The summed E-state index contributed by atoms with van der Waals surface area (Å²) in [7, 11) is 0. The van der Waals surface area contributed by atoms with Crippen LogP contribution in [0.3, 0.4) is 0 Å². The first-order valence-electron chi connectivity index (χ1n) is 7.41. The Labute approximate surface area is 140 Å². The number of aromatic nitrogens is 5. The van der Waals surface area contributed by atoms with Crippen molar-refractivity contribution < 1.29 is 8.78 Å². The monoisotopic (exact) mass is 339 g/mol. The zero-order valence-corrected chi connectivity index (χ0v) is 12.8. The fourth-order valence-corrected chi connectivity index (χ4v) is 2.57. The molecule has 0 aliphatic carbocycles. The quantitative estimate of drug-likeness (QED) is 0.574. The van der Waals surface area contributed by atoms with Crippen molar-refractivity contribution in [2.75, 3.05) is 0 Å². The Morgan fingerprint density at radius 1 is 1.08 bits per heavy atom. The van der Waals surface area contributed by atoms with Gasteiger partial charge in [0.25, 0.3) is 5.56 Å². The molecular formula is C17H11F2N5O. The molecule has 0 spiro atoms. The molecule has 0 saturated heterocycles. The number of benzene rings is 1. The van der Waals surface area contributed by atoms with Gasteiger partial charge in [-0.3, -0.25) is 14.3 Å². The van der Waals surface area contributed by atoms with Crippen LogP contribution in [0.1, 0.15) is 5.69 Å². The van der Waals surface area contributed by atoms with Gasteiger partial charge in [0, 0.05) is 12.4 Å². The SMILES string of the molecule is O=c1c2ccncc2ncn1Cc1ccn(-c2c(F)cccc2F)n1. The first-order valence-corrected chi connectivity index (χ1v) is 7.41. The van der Waals surface area contributed by atoms with Gasteiger partial charge in [0.05, 0.1) is 35.7 Å². The third-order valence-corrected chi connectivity index (χ3v) is 3.77. The maximum absolute atomic E-state index is 13.8. The second kappa shape index (κ2) is 5.90. The zero-order valence-electron chi connectivity index (χ0n) is 12.8. The highest BCUT2D eigenvalue weighted by Crippen LogP contribution is 2.17. The highest BCUT2D eigenvalue weighted by atomic mass is 19.1. The number of para-hydroxylation sites is 1. The minimum atomic E-state index is -0.716. The van der Waals surface area contributed by atoms with Crippen molar-refractivity contribution in [3.63, 3.8) is 0 Å². The number of hydrogen-bond donors (Lipinski definition) is 0. The molecule has 3 aromatic heterocycles. The van der Waals surface area contributed by atoms with Crippen LogP contribution in [0.4, 0.5) is 8.78 Å². The van der Waals surface area contributed by atoms with Crippen LogP contribution in [0.25, 0.3) is 16.6 Å². The standard InChI is InChI=1S/C17H11F2N5O/c18-13-2-1-3-14(19)16(13)24-7-5-11(22-24)9-23-10-21-15-8-20-6-4-12(15)17(23)25/h1-8,10H,9H2. The van der Waals surface area contributed by atoms with E-state index in [2.05, 4.69) is 15.1 Å². The highest BCUT2D eigenvalue weighted by Gasteiger charge is 2.13. The normalized spacial score (nSPS) is 11.1. The molecule has 6 nitrogen and oxygen atoms in total. The third kappa shape index (κ3) is 2.67. The van der Waals surface area contributed by atoms with Crippen molar-refractivity contribution in [2.24, 2.45) is 0 Å². The first-order chi connectivity index (χ1) is 12.1. The predicted molar refractivity (Wildman–Crippen MR) is 86.4 cm³/mol. The number of fused-ring (bicyclic) bond motifs is 1. The molecule has 4 rings (SSSR count). The van der Waals surface area contributed by atoms with Crippen molar-refractivity contribution in [3.05, 3.63) is 82.9 Å². The molecule has 0 saturated carbocycles. The van der Waals surface area contributed by atoms with Gasteiger partial charge in [-0.2, -0.15) is 5.10 Å². The molecule has 0 unspecified atom stereocenters. The van der Waals surface area contributed by atoms with E-state index in [9.17, 15) is 13.6 Å². The molecule has 0 atom stereocenters. The summed E-state index contributed by atoms with van der Waals surface area (Å²) in [5.41, 5.74) is 0.477. The Bertz CT molecular complexity index is 1120. The van der Waals surface area contributed by atoms with Gasteiger partial charge < -0.3 is 0 Å². The Morgan fingerprint density at radius 3 is 2.68 bits per heavy atom. The van der Waals surface area contributed by atoms with Gasteiger partial charge in [-0.15, -0.1) is 0 Å². The van der Waals surface area contributed by atoms with Crippen molar-refractivity contribution in [2.45, 2.75) is 6.54 Å². The summed E-state index contributed by atoms with van der Waals surface area (Å²) in [5, 5.41) is 4.60. The summed E-state index contributed by atoms with van der Waals surface area (Å²) >= 11 is 0. The molecule has 0 aliphatic rings. The Hall–Kier alpha value is -3.42. The van der Waals surface area contributed by atoms with E-state index in [1.807, 2.05) is 0 Å². The molecule has 0 N–H and O–H groups in total. The number of nitrogens with zero attached hydrogens (tertiary/aromatic N) is 5. The average molecular weight is 339 g/mol. The molecule has 124 valence electrons. The lowest BCUT2D eigenvalue weighted by Gasteiger charge is -2.06.